The molecule has 1 aliphatic heterocycles. The Labute approximate surface area is 299 Å². The zero-order chi connectivity index (χ0) is 35.5. The van der Waals surface area contributed by atoms with Gasteiger partial charge in [-0.2, -0.15) is 0 Å². The highest BCUT2D eigenvalue weighted by atomic mass is 35.5. The van der Waals surface area contributed by atoms with Gasteiger partial charge in [-0.15, -0.1) is 0 Å². The van der Waals surface area contributed by atoms with Gasteiger partial charge >= 0.3 is 0 Å². The fourth-order valence-corrected chi connectivity index (χ4v) is 6.90. The van der Waals surface area contributed by atoms with Gasteiger partial charge in [0.05, 0.1) is 11.4 Å². The first kappa shape index (κ1) is 34.2. The molecule has 1 fully saturated rings. The lowest BCUT2D eigenvalue weighted by Crippen LogP contribution is -2.58. The molecule has 7 rings (SSSR count). The van der Waals surface area contributed by atoms with Crippen LogP contribution in [0.5, 0.6) is 0 Å². The van der Waals surface area contributed by atoms with Crippen LogP contribution in [-0.4, -0.2) is 55.7 Å². The van der Waals surface area contributed by atoms with E-state index in [4.69, 9.17) is 16.6 Å². The van der Waals surface area contributed by atoms with Crippen molar-refractivity contribution < 1.29 is 13.6 Å². The van der Waals surface area contributed by atoms with Crippen LogP contribution in [0.2, 0.25) is 5.02 Å². The minimum atomic E-state index is -1.17. The van der Waals surface area contributed by atoms with Crippen molar-refractivity contribution in [1.29, 1.82) is 0 Å². The molecule has 1 aromatic carbocycles. The van der Waals surface area contributed by atoms with E-state index in [1.165, 1.54) is 0 Å². The number of carbonyl (C=O) groups is 1. The molecule has 0 saturated carbocycles. The van der Waals surface area contributed by atoms with Crippen molar-refractivity contribution in [3.05, 3.63) is 137 Å². The molecule has 0 spiro atoms. The first-order valence-corrected chi connectivity index (χ1v) is 17.2. The van der Waals surface area contributed by atoms with Crippen LogP contribution in [0.15, 0.2) is 97.6 Å². The zero-order valence-electron chi connectivity index (χ0n) is 28.2. The second-order valence-corrected chi connectivity index (χ2v) is 13.4. The molecule has 0 radical (unpaired) electrons. The number of likely N-dealkylation sites (tertiary alicyclic amines) is 1. The van der Waals surface area contributed by atoms with Crippen molar-refractivity contribution in [2.24, 2.45) is 5.92 Å². The van der Waals surface area contributed by atoms with Gasteiger partial charge in [-0.05, 0) is 72.0 Å². The van der Waals surface area contributed by atoms with E-state index in [9.17, 15) is 13.6 Å². The molecule has 9 nitrogen and oxygen atoms in total. The third-order valence-electron chi connectivity index (χ3n) is 9.50. The quantitative estimate of drug-likeness (QED) is 0.128. The number of halogens is 3. The first-order valence-electron chi connectivity index (χ1n) is 16.8. The summed E-state index contributed by atoms with van der Waals surface area (Å²) >= 11 is 6.68. The number of hydrogen-bond acceptors (Lipinski definition) is 8. The molecule has 3 atom stereocenters. The summed E-state index contributed by atoms with van der Waals surface area (Å²) in [6.45, 7) is 5.68. The SMILES string of the molecule is Cc1nccc(NCc2ccc(C(=O)NC3(Nc4nccc5cc(CN6CCC(F)C6)cnc45)C=CC=C(c4ccccc4Cl)[C@H]3C)nc2)c1F. The van der Waals surface area contributed by atoms with Crippen LogP contribution >= 0.6 is 11.6 Å². The van der Waals surface area contributed by atoms with Crippen LogP contribution in [0.3, 0.4) is 0 Å². The van der Waals surface area contributed by atoms with E-state index < -0.39 is 23.6 Å². The average molecular weight is 707 g/mol. The Morgan fingerprint density at radius 3 is 2.65 bits per heavy atom. The van der Waals surface area contributed by atoms with Gasteiger partial charge in [-0.3, -0.25) is 24.6 Å². The summed E-state index contributed by atoms with van der Waals surface area (Å²) < 4.78 is 28.3. The van der Waals surface area contributed by atoms with Gasteiger partial charge in [-0.1, -0.05) is 54.9 Å². The Kier molecular flexibility index (Phi) is 9.75. The molecule has 1 amide bonds. The van der Waals surface area contributed by atoms with Gasteiger partial charge in [0.2, 0.25) is 0 Å². The first-order chi connectivity index (χ1) is 24.7. The Morgan fingerprint density at radius 2 is 1.86 bits per heavy atom. The van der Waals surface area contributed by atoms with Gasteiger partial charge in [0.15, 0.2) is 11.6 Å². The number of fused-ring (bicyclic) bond motifs is 1. The molecule has 1 aliphatic carbocycles. The van der Waals surface area contributed by atoms with Crippen molar-refractivity contribution in [3.63, 3.8) is 0 Å². The van der Waals surface area contributed by atoms with Gasteiger partial charge < -0.3 is 16.0 Å². The number of aromatic nitrogens is 4. The van der Waals surface area contributed by atoms with Crippen molar-refractivity contribution >= 4 is 45.5 Å². The smallest absolute Gasteiger partial charge is 0.271 e. The molecule has 3 N–H and O–H groups in total. The molecule has 4 aromatic heterocycles. The average Bonchev–Trinajstić information content (AvgIpc) is 3.54. The third kappa shape index (κ3) is 7.31. The normalized spacial score (nSPS) is 20.3. The molecular formula is C39H37ClF2N8O. The fourth-order valence-electron chi connectivity index (χ4n) is 6.65. The number of benzene rings is 1. The number of alkyl halides is 1. The Bertz CT molecular complexity index is 2140. The van der Waals surface area contributed by atoms with Crippen molar-refractivity contribution in [3.8, 4) is 0 Å². The molecule has 12 heteroatoms. The summed E-state index contributed by atoms with van der Waals surface area (Å²) in [6.07, 6.45) is 12.2. The number of hydrogen-bond donors (Lipinski definition) is 3. The van der Waals surface area contributed by atoms with E-state index in [1.54, 1.807) is 49.9 Å². The predicted octanol–water partition coefficient (Wildman–Crippen LogP) is 7.50. The van der Waals surface area contributed by atoms with Gasteiger partial charge in [0.25, 0.3) is 5.91 Å². The predicted molar refractivity (Wildman–Crippen MR) is 196 cm³/mol. The van der Waals surface area contributed by atoms with Crippen LogP contribution in [0.4, 0.5) is 20.3 Å². The Balaban J connectivity index is 1.17. The van der Waals surface area contributed by atoms with Crippen LogP contribution in [0, 0.1) is 18.7 Å². The second kappa shape index (κ2) is 14.5. The number of aryl methyl sites for hydroxylation is 1. The molecule has 0 bridgehead atoms. The summed E-state index contributed by atoms with van der Waals surface area (Å²) in [6, 6.07) is 16.5. The maximum Gasteiger partial charge on any atom is 0.271 e. The monoisotopic (exact) mass is 706 g/mol. The minimum Gasteiger partial charge on any atom is -0.378 e. The van der Waals surface area contributed by atoms with Gasteiger partial charge in [0.1, 0.15) is 23.0 Å². The summed E-state index contributed by atoms with van der Waals surface area (Å²) in [7, 11) is 0. The number of amides is 1. The van der Waals surface area contributed by atoms with E-state index in [1.807, 2.05) is 61.5 Å². The van der Waals surface area contributed by atoms with Crippen LogP contribution in [-0.2, 0) is 13.1 Å². The molecule has 260 valence electrons. The number of anilines is 2. The largest absolute Gasteiger partial charge is 0.378 e. The van der Waals surface area contributed by atoms with E-state index in [-0.39, 0.29) is 11.6 Å². The minimum absolute atomic E-state index is 0.200. The molecule has 1 saturated heterocycles. The second-order valence-electron chi connectivity index (χ2n) is 13.0. The summed E-state index contributed by atoms with van der Waals surface area (Å²) in [5.41, 5.74) is 3.81. The molecule has 5 heterocycles. The molecule has 2 aliphatic rings. The van der Waals surface area contributed by atoms with Crippen LogP contribution < -0.4 is 16.0 Å². The van der Waals surface area contributed by atoms with Gasteiger partial charge in [-0.25, -0.2) is 13.8 Å². The zero-order valence-corrected chi connectivity index (χ0v) is 29.0. The van der Waals surface area contributed by atoms with Crippen molar-refractivity contribution in [2.45, 2.75) is 45.2 Å². The standard InChI is InChI=1S/C39H37ClF2N8O/c1-24-30(31-6-3-4-8-32(31)40)7-5-14-39(24,48-37-36-28(11-15-44-37)18-27(21-47-36)22-50-17-13-29(41)23-50)49-38(51)34-10-9-26(20-46-34)19-45-33-12-16-43-25(2)35(33)42/h3-12,14-16,18,20-21,24,29H,13,17,19,22-23H2,1-2H3,(H,43,45)(H,44,48)(H,49,51)/t24-,29?,39?/m1/s1. The topological polar surface area (TPSA) is 108 Å². The maximum atomic E-state index is 14.4. The maximum absolute atomic E-state index is 14.4. The summed E-state index contributed by atoms with van der Waals surface area (Å²) in [5.74, 6) is -0.682. The molecular weight excluding hydrogens is 670 g/mol. The van der Waals surface area contributed by atoms with E-state index in [0.717, 1.165) is 34.2 Å². The third-order valence-corrected chi connectivity index (χ3v) is 9.83. The highest BCUT2D eigenvalue weighted by Gasteiger charge is 2.41. The lowest BCUT2D eigenvalue weighted by Gasteiger charge is -2.41. The fraction of sp³-hybridized carbons (Fsp3) is 0.256. The summed E-state index contributed by atoms with van der Waals surface area (Å²) in [5, 5.41) is 11.3. The van der Waals surface area contributed by atoms with Crippen LogP contribution in [0.25, 0.3) is 16.5 Å². The Hall–Kier alpha value is -5.26. The van der Waals surface area contributed by atoms with E-state index in [0.29, 0.717) is 53.8 Å². The highest BCUT2D eigenvalue weighted by Crippen LogP contribution is 2.40. The Morgan fingerprint density at radius 1 is 1.04 bits per heavy atom. The van der Waals surface area contributed by atoms with Gasteiger partial charge in [0, 0.05) is 67.3 Å². The van der Waals surface area contributed by atoms with E-state index >= 15 is 0 Å². The molecule has 51 heavy (non-hydrogen) atoms. The van der Waals surface area contributed by atoms with Crippen molar-refractivity contribution in [1.82, 2.24) is 30.2 Å². The number of rotatable bonds is 10. The van der Waals surface area contributed by atoms with Crippen LogP contribution in [0.1, 0.15) is 46.2 Å². The van der Waals surface area contributed by atoms with Crippen molar-refractivity contribution in [2.75, 3.05) is 23.7 Å². The number of pyridine rings is 4. The molecule has 2 unspecified atom stereocenters. The van der Waals surface area contributed by atoms with E-state index in [2.05, 4.69) is 35.8 Å². The molecule has 5 aromatic rings. The number of allylic oxidation sites excluding steroid dienone is 2. The number of carbonyl (C=O) groups excluding carboxylic acids is 1. The highest BCUT2D eigenvalue weighted by molar-refractivity contribution is 6.32. The summed E-state index contributed by atoms with van der Waals surface area (Å²) in [4.78, 5) is 34.0. The lowest BCUT2D eigenvalue weighted by molar-refractivity contribution is 0.0909. The number of nitrogens with one attached hydrogen (secondary N) is 3. The number of nitrogens with zero attached hydrogens (tertiary/aromatic N) is 5. The lowest BCUT2D eigenvalue weighted by atomic mass is 9.79.